The molecule has 0 aromatic heterocycles. The van der Waals surface area contributed by atoms with Gasteiger partial charge in [-0.05, 0) is 49.8 Å². The van der Waals surface area contributed by atoms with Gasteiger partial charge >= 0.3 is 0 Å². The van der Waals surface area contributed by atoms with Crippen LogP contribution in [-0.4, -0.2) is 29.9 Å². The van der Waals surface area contributed by atoms with Crippen molar-refractivity contribution in [2.75, 3.05) is 13.1 Å². The summed E-state index contributed by atoms with van der Waals surface area (Å²) in [6.45, 7) is 4.87. The van der Waals surface area contributed by atoms with E-state index in [4.69, 9.17) is 0 Å². The Hall–Kier alpha value is -1.06. The molecule has 2 aliphatic rings. The predicted molar refractivity (Wildman–Crippen MR) is 92.2 cm³/mol. The van der Waals surface area contributed by atoms with Gasteiger partial charge in [-0.25, -0.2) is 0 Å². The number of hydrogen-bond donors (Lipinski definition) is 1. The zero-order valence-electron chi connectivity index (χ0n) is 13.4. The van der Waals surface area contributed by atoms with E-state index in [0.29, 0.717) is 11.9 Å². The van der Waals surface area contributed by atoms with Crippen molar-refractivity contribution in [3.05, 3.63) is 35.4 Å². The average molecular weight is 323 g/mol. The first-order valence-corrected chi connectivity index (χ1v) is 8.37. The third kappa shape index (κ3) is 4.23. The Bertz CT molecular complexity index is 478. The average Bonchev–Trinajstić information content (AvgIpc) is 3.38. The van der Waals surface area contributed by atoms with E-state index in [1.165, 1.54) is 24.0 Å². The summed E-state index contributed by atoms with van der Waals surface area (Å²) >= 11 is 0. The second kappa shape index (κ2) is 7.98. The van der Waals surface area contributed by atoms with Gasteiger partial charge in [-0.3, -0.25) is 4.79 Å². The molecule has 2 fully saturated rings. The van der Waals surface area contributed by atoms with Crippen molar-refractivity contribution < 1.29 is 4.79 Å². The number of nitrogens with zero attached hydrogens (tertiary/aromatic N) is 1. The van der Waals surface area contributed by atoms with Crippen LogP contribution in [0.5, 0.6) is 0 Å². The number of rotatable bonds is 5. The maximum atomic E-state index is 12.8. The minimum absolute atomic E-state index is 0. The number of piperidine rings is 1. The molecular weight excluding hydrogens is 296 g/mol. The molecule has 1 aromatic rings. The van der Waals surface area contributed by atoms with E-state index >= 15 is 0 Å². The molecule has 1 aromatic carbocycles. The minimum Gasteiger partial charge on any atom is -0.335 e. The topological polar surface area (TPSA) is 32.3 Å². The molecule has 1 saturated carbocycles. The summed E-state index contributed by atoms with van der Waals surface area (Å²) in [6, 6.07) is 9.23. The lowest BCUT2D eigenvalue weighted by Crippen LogP contribution is -2.43. The zero-order chi connectivity index (χ0) is 14.7. The zero-order valence-corrected chi connectivity index (χ0v) is 14.2. The summed E-state index contributed by atoms with van der Waals surface area (Å²) in [4.78, 5) is 14.9. The first-order chi connectivity index (χ1) is 10.3. The van der Waals surface area contributed by atoms with Crippen LogP contribution in [0.3, 0.4) is 0 Å². The van der Waals surface area contributed by atoms with Gasteiger partial charge in [-0.1, -0.05) is 31.2 Å². The standard InChI is InChI=1S/C18H26N2O.ClH/c1-2-14-5-7-15(8-6-14)13-20(17-9-10-17)18(21)16-4-3-11-19-12-16;/h5-8,16-17,19H,2-4,9-13H2,1H3;1H. The van der Waals surface area contributed by atoms with Crippen LogP contribution in [0.2, 0.25) is 0 Å². The summed E-state index contributed by atoms with van der Waals surface area (Å²) < 4.78 is 0. The summed E-state index contributed by atoms with van der Waals surface area (Å²) in [6.07, 6.45) is 5.60. The van der Waals surface area contributed by atoms with Gasteiger partial charge in [0.25, 0.3) is 0 Å². The lowest BCUT2D eigenvalue weighted by Gasteiger charge is -2.30. The van der Waals surface area contributed by atoms with Crippen LogP contribution in [0.4, 0.5) is 0 Å². The summed E-state index contributed by atoms with van der Waals surface area (Å²) in [5.41, 5.74) is 2.62. The highest BCUT2D eigenvalue weighted by Crippen LogP contribution is 2.30. The lowest BCUT2D eigenvalue weighted by molar-refractivity contribution is -0.137. The van der Waals surface area contributed by atoms with Gasteiger partial charge in [-0.15, -0.1) is 12.4 Å². The van der Waals surface area contributed by atoms with Crippen LogP contribution in [-0.2, 0) is 17.8 Å². The third-order valence-electron chi connectivity index (χ3n) is 4.70. The summed E-state index contributed by atoms with van der Waals surface area (Å²) in [5.74, 6) is 0.554. The molecule has 1 atom stereocenters. The number of halogens is 1. The van der Waals surface area contributed by atoms with Gasteiger partial charge in [0.2, 0.25) is 5.91 Å². The van der Waals surface area contributed by atoms with E-state index in [9.17, 15) is 4.79 Å². The van der Waals surface area contributed by atoms with E-state index < -0.39 is 0 Å². The van der Waals surface area contributed by atoms with Gasteiger partial charge in [0.1, 0.15) is 0 Å². The maximum Gasteiger partial charge on any atom is 0.227 e. The third-order valence-corrected chi connectivity index (χ3v) is 4.70. The van der Waals surface area contributed by atoms with E-state index in [0.717, 1.165) is 38.9 Å². The van der Waals surface area contributed by atoms with Crippen LogP contribution in [0.25, 0.3) is 0 Å². The van der Waals surface area contributed by atoms with Crippen LogP contribution >= 0.6 is 12.4 Å². The molecule has 0 radical (unpaired) electrons. The smallest absolute Gasteiger partial charge is 0.227 e. The Morgan fingerprint density at radius 1 is 1.18 bits per heavy atom. The van der Waals surface area contributed by atoms with Crippen LogP contribution < -0.4 is 5.32 Å². The molecule has 22 heavy (non-hydrogen) atoms. The molecule has 1 unspecified atom stereocenters. The fourth-order valence-corrected chi connectivity index (χ4v) is 3.15. The number of hydrogen-bond acceptors (Lipinski definition) is 2. The van der Waals surface area contributed by atoms with Gasteiger partial charge in [-0.2, -0.15) is 0 Å². The highest BCUT2D eigenvalue weighted by Gasteiger charge is 2.36. The molecule has 122 valence electrons. The number of aryl methyl sites for hydroxylation is 1. The molecule has 1 heterocycles. The molecule has 1 saturated heterocycles. The fraction of sp³-hybridized carbons (Fsp3) is 0.611. The van der Waals surface area contributed by atoms with Gasteiger partial charge in [0.05, 0.1) is 5.92 Å². The van der Waals surface area contributed by atoms with Gasteiger partial charge in [0, 0.05) is 19.1 Å². The Kier molecular flexibility index (Phi) is 6.27. The Labute approximate surface area is 139 Å². The number of nitrogens with one attached hydrogen (secondary N) is 1. The quantitative estimate of drug-likeness (QED) is 0.903. The summed E-state index contributed by atoms with van der Waals surface area (Å²) in [5, 5.41) is 3.36. The molecule has 0 bridgehead atoms. The van der Waals surface area contributed by atoms with E-state index in [2.05, 4.69) is 41.4 Å². The van der Waals surface area contributed by atoms with Crippen molar-refractivity contribution >= 4 is 18.3 Å². The minimum atomic E-state index is 0. The van der Waals surface area contributed by atoms with Crippen molar-refractivity contribution in [3.8, 4) is 0 Å². The van der Waals surface area contributed by atoms with Crippen molar-refractivity contribution in [3.63, 3.8) is 0 Å². The Morgan fingerprint density at radius 3 is 2.41 bits per heavy atom. The second-order valence-corrected chi connectivity index (χ2v) is 6.41. The normalized spacial score (nSPS) is 21.0. The Balaban J connectivity index is 0.00000176. The van der Waals surface area contributed by atoms with Crippen LogP contribution in [0, 0.1) is 5.92 Å². The summed E-state index contributed by atoms with van der Waals surface area (Å²) in [7, 11) is 0. The van der Waals surface area contributed by atoms with Crippen molar-refractivity contribution in [1.29, 1.82) is 0 Å². The molecule has 0 spiro atoms. The van der Waals surface area contributed by atoms with E-state index in [1.54, 1.807) is 0 Å². The van der Waals surface area contributed by atoms with E-state index in [-0.39, 0.29) is 18.3 Å². The second-order valence-electron chi connectivity index (χ2n) is 6.41. The molecular formula is C18H27ClN2O. The van der Waals surface area contributed by atoms with Crippen LogP contribution in [0.15, 0.2) is 24.3 Å². The molecule has 3 rings (SSSR count). The molecule has 1 aliphatic heterocycles. The molecule has 1 aliphatic carbocycles. The van der Waals surface area contributed by atoms with Crippen LogP contribution in [0.1, 0.15) is 43.7 Å². The highest BCUT2D eigenvalue weighted by molar-refractivity contribution is 5.85. The highest BCUT2D eigenvalue weighted by atomic mass is 35.5. The van der Waals surface area contributed by atoms with Crippen molar-refractivity contribution in [1.82, 2.24) is 10.2 Å². The number of amides is 1. The van der Waals surface area contributed by atoms with E-state index in [1.807, 2.05) is 0 Å². The predicted octanol–water partition coefficient (Wildman–Crippen LogP) is 3.16. The number of carbonyl (C=O) groups excluding carboxylic acids is 1. The van der Waals surface area contributed by atoms with Crippen molar-refractivity contribution in [2.24, 2.45) is 5.92 Å². The Morgan fingerprint density at radius 2 is 1.86 bits per heavy atom. The first kappa shape index (κ1) is 17.3. The monoisotopic (exact) mass is 322 g/mol. The number of benzene rings is 1. The number of carbonyl (C=O) groups is 1. The fourth-order valence-electron chi connectivity index (χ4n) is 3.15. The SMILES string of the molecule is CCc1ccc(CN(C(=O)C2CCCNC2)C2CC2)cc1.Cl. The van der Waals surface area contributed by atoms with Crippen molar-refractivity contribution in [2.45, 2.75) is 51.6 Å². The van der Waals surface area contributed by atoms with Gasteiger partial charge in [0.15, 0.2) is 0 Å². The molecule has 3 nitrogen and oxygen atoms in total. The first-order valence-electron chi connectivity index (χ1n) is 8.37. The van der Waals surface area contributed by atoms with Gasteiger partial charge < -0.3 is 10.2 Å². The molecule has 1 N–H and O–H groups in total. The maximum absolute atomic E-state index is 12.8. The lowest BCUT2D eigenvalue weighted by atomic mass is 9.97. The molecule has 4 heteroatoms. The molecule has 1 amide bonds. The largest absolute Gasteiger partial charge is 0.335 e.